The third kappa shape index (κ3) is 5.32. The Kier molecular flexibility index (Phi) is 6.05. The lowest BCUT2D eigenvalue weighted by molar-refractivity contribution is -0.0375. The van der Waals surface area contributed by atoms with Crippen molar-refractivity contribution in [3.63, 3.8) is 0 Å². The molecule has 1 aliphatic heterocycles. The number of pyridine rings is 1. The number of carbonyl (C=O) groups excluding carboxylic acids is 2. The molecular formula is C25H26N4O4. The van der Waals surface area contributed by atoms with E-state index in [0.717, 1.165) is 11.3 Å². The molecule has 0 atom stereocenters. The number of rotatable bonds is 3. The lowest BCUT2D eigenvalue weighted by Crippen LogP contribution is -2.42. The first-order chi connectivity index (χ1) is 15.7. The van der Waals surface area contributed by atoms with Gasteiger partial charge in [0.2, 0.25) is 0 Å². The quantitative estimate of drug-likeness (QED) is 0.552. The maximum absolute atomic E-state index is 13.0. The summed E-state index contributed by atoms with van der Waals surface area (Å²) in [5, 5.41) is 8.96. The van der Waals surface area contributed by atoms with E-state index in [1.54, 1.807) is 49.9 Å². The highest BCUT2D eigenvalue weighted by Gasteiger charge is 2.28. The number of imidazole rings is 1. The van der Waals surface area contributed by atoms with Gasteiger partial charge in [0.25, 0.3) is 5.91 Å². The first-order valence-corrected chi connectivity index (χ1v) is 10.9. The Morgan fingerprint density at radius 1 is 1.12 bits per heavy atom. The van der Waals surface area contributed by atoms with Crippen molar-refractivity contribution in [2.75, 3.05) is 13.1 Å². The van der Waals surface area contributed by atoms with Crippen LogP contribution in [0, 0.1) is 11.3 Å². The first kappa shape index (κ1) is 22.3. The summed E-state index contributed by atoms with van der Waals surface area (Å²) >= 11 is 0. The summed E-state index contributed by atoms with van der Waals surface area (Å²) in [5.41, 5.74) is 2.89. The Labute approximate surface area is 192 Å². The van der Waals surface area contributed by atoms with Crippen LogP contribution in [0.4, 0.5) is 4.79 Å². The molecule has 0 aliphatic carbocycles. The minimum atomic E-state index is -0.671. The van der Waals surface area contributed by atoms with Crippen LogP contribution in [0.2, 0.25) is 0 Å². The van der Waals surface area contributed by atoms with Crippen LogP contribution in [0.3, 0.4) is 0 Å². The fraction of sp³-hybridized carbons (Fsp3) is 0.360. The number of fused-ring (bicyclic) bond motifs is 1. The molecule has 3 heterocycles. The third-order valence-electron chi connectivity index (χ3n) is 5.40. The number of nitrogens with zero attached hydrogens (tertiary/aromatic N) is 4. The normalized spacial score (nSPS) is 14.7. The highest BCUT2D eigenvalue weighted by molar-refractivity contribution is 5.95. The molecule has 170 valence electrons. The van der Waals surface area contributed by atoms with E-state index in [2.05, 4.69) is 11.1 Å². The lowest BCUT2D eigenvalue weighted by atomic mass is 10.1. The third-order valence-corrected chi connectivity index (χ3v) is 5.40. The molecule has 1 aromatic carbocycles. The number of benzene rings is 1. The summed E-state index contributed by atoms with van der Waals surface area (Å²) in [5.74, 6) is -0.0730. The summed E-state index contributed by atoms with van der Waals surface area (Å²) in [7, 11) is 0. The Hall–Kier alpha value is -3.86. The van der Waals surface area contributed by atoms with Crippen molar-refractivity contribution in [2.24, 2.45) is 0 Å². The number of nitriles is 1. The maximum Gasteiger partial charge on any atom is 0.509 e. The first-order valence-electron chi connectivity index (χ1n) is 10.9. The van der Waals surface area contributed by atoms with Gasteiger partial charge in [0.1, 0.15) is 17.4 Å². The van der Waals surface area contributed by atoms with Gasteiger partial charge in [-0.3, -0.25) is 4.79 Å². The second-order valence-corrected chi connectivity index (χ2v) is 9.07. The minimum absolute atomic E-state index is 0.0730. The van der Waals surface area contributed by atoms with Crippen LogP contribution in [-0.4, -0.2) is 51.1 Å². The zero-order chi connectivity index (χ0) is 23.6. The highest BCUT2D eigenvalue weighted by Crippen LogP contribution is 2.22. The van der Waals surface area contributed by atoms with Gasteiger partial charge in [-0.15, -0.1) is 0 Å². The van der Waals surface area contributed by atoms with Gasteiger partial charge >= 0.3 is 6.16 Å². The average molecular weight is 447 g/mol. The topological polar surface area (TPSA) is 96.9 Å². The highest BCUT2D eigenvalue weighted by atomic mass is 16.7. The summed E-state index contributed by atoms with van der Waals surface area (Å²) in [4.78, 5) is 31.3. The summed E-state index contributed by atoms with van der Waals surface area (Å²) < 4.78 is 12.5. The summed E-state index contributed by atoms with van der Waals surface area (Å²) in [6, 6.07) is 12.9. The van der Waals surface area contributed by atoms with E-state index >= 15 is 0 Å². The lowest BCUT2D eigenvalue weighted by Gasteiger charge is -2.32. The van der Waals surface area contributed by atoms with Gasteiger partial charge in [0.05, 0.1) is 17.3 Å². The Balaban J connectivity index is 1.40. The molecule has 1 saturated heterocycles. The molecule has 8 nitrogen and oxygen atoms in total. The molecule has 33 heavy (non-hydrogen) atoms. The van der Waals surface area contributed by atoms with E-state index in [1.807, 2.05) is 28.9 Å². The van der Waals surface area contributed by atoms with E-state index in [4.69, 9.17) is 14.7 Å². The van der Waals surface area contributed by atoms with Crippen molar-refractivity contribution >= 4 is 17.7 Å². The molecule has 2 aromatic heterocycles. The molecule has 0 saturated carbocycles. The van der Waals surface area contributed by atoms with Crippen LogP contribution < -0.4 is 0 Å². The van der Waals surface area contributed by atoms with Crippen molar-refractivity contribution in [3.8, 4) is 17.3 Å². The predicted octanol–water partition coefficient (Wildman–Crippen LogP) is 4.43. The molecular weight excluding hydrogens is 420 g/mol. The molecule has 0 unspecified atom stereocenters. The van der Waals surface area contributed by atoms with Crippen LogP contribution in [0.25, 0.3) is 16.9 Å². The Morgan fingerprint density at radius 3 is 2.45 bits per heavy atom. The predicted molar refractivity (Wildman–Crippen MR) is 122 cm³/mol. The summed E-state index contributed by atoms with van der Waals surface area (Å²) in [6.45, 7) is 6.38. The number of amides is 1. The van der Waals surface area contributed by atoms with Crippen molar-refractivity contribution in [1.29, 1.82) is 5.26 Å². The van der Waals surface area contributed by atoms with Gasteiger partial charge in [-0.05, 0) is 45.0 Å². The minimum Gasteiger partial charge on any atom is -0.431 e. The number of aromatic nitrogens is 2. The monoisotopic (exact) mass is 446 g/mol. The van der Waals surface area contributed by atoms with Crippen LogP contribution in [0.5, 0.6) is 0 Å². The molecule has 0 bridgehead atoms. The second kappa shape index (κ2) is 8.94. The number of likely N-dealkylation sites (tertiary alicyclic amines) is 1. The molecule has 4 rings (SSSR count). The number of piperidine rings is 1. The van der Waals surface area contributed by atoms with E-state index in [0.29, 0.717) is 42.7 Å². The van der Waals surface area contributed by atoms with Gasteiger partial charge in [-0.25, -0.2) is 9.78 Å². The molecule has 3 aromatic rings. The molecule has 8 heteroatoms. The molecule has 1 aliphatic rings. The number of hydrogen-bond acceptors (Lipinski definition) is 6. The van der Waals surface area contributed by atoms with E-state index in [-0.39, 0.29) is 12.0 Å². The van der Waals surface area contributed by atoms with Crippen LogP contribution >= 0.6 is 0 Å². The van der Waals surface area contributed by atoms with Crippen LogP contribution in [0.1, 0.15) is 49.5 Å². The van der Waals surface area contributed by atoms with Crippen molar-refractivity contribution in [3.05, 3.63) is 59.9 Å². The van der Waals surface area contributed by atoms with Gasteiger partial charge in [0, 0.05) is 49.5 Å². The smallest absolute Gasteiger partial charge is 0.431 e. The molecule has 0 N–H and O–H groups in total. The van der Waals surface area contributed by atoms with Crippen LogP contribution in [0.15, 0.2) is 48.8 Å². The largest absolute Gasteiger partial charge is 0.509 e. The zero-order valence-electron chi connectivity index (χ0n) is 18.9. The molecule has 0 radical (unpaired) electrons. The fourth-order valence-corrected chi connectivity index (χ4v) is 3.74. The molecule has 0 spiro atoms. The Bertz CT molecular complexity index is 1210. The number of hydrogen-bond donors (Lipinski definition) is 0. The van der Waals surface area contributed by atoms with Gasteiger partial charge in [-0.2, -0.15) is 5.26 Å². The van der Waals surface area contributed by atoms with Crippen molar-refractivity contribution in [2.45, 2.75) is 45.3 Å². The SMILES string of the molecule is CC(C)(C)OC(=O)OC1CCN(C(=O)c2ccn3cc(-c4ccc(C#N)cc4)nc3c2)CC1. The zero-order valence-corrected chi connectivity index (χ0v) is 18.9. The van der Waals surface area contributed by atoms with Crippen molar-refractivity contribution in [1.82, 2.24) is 14.3 Å². The van der Waals surface area contributed by atoms with Gasteiger partial charge in [0.15, 0.2) is 0 Å². The molecule has 1 fully saturated rings. The fourth-order valence-electron chi connectivity index (χ4n) is 3.74. The number of carbonyl (C=O) groups is 2. The number of ether oxygens (including phenoxy) is 2. The van der Waals surface area contributed by atoms with E-state index in [1.165, 1.54) is 0 Å². The average Bonchev–Trinajstić information content (AvgIpc) is 3.21. The standard InChI is InChI=1S/C25H26N4O4/c1-25(2,3)33-24(31)32-20-9-12-28(13-10-20)23(30)19-8-11-29-16-21(27-22(29)14-19)18-6-4-17(15-26)5-7-18/h4-8,11,14,16,20H,9-10,12-13H2,1-3H3. The Morgan fingerprint density at radius 2 is 1.82 bits per heavy atom. The van der Waals surface area contributed by atoms with Crippen LogP contribution in [-0.2, 0) is 9.47 Å². The van der Waals surface area contributed by atoms with E-state index in [9.17, 15) is 9.59 Å². The summed E-state index contributed by atoms with van der Waals surface area (Å²) in [6.07, 6.45) is 3.92. The van der Waals surface area contributed by atoms with Gasteiger partial charge < -0.3 is 18.8 Å². The molecule has 1 amide bonds. The van der Waals surface area contributed by atoms with Crippen molar-refractivity contribution < 1.29 is 19.1 Å². The van der Waals surface area contributed by atoms with Gasteiger partial charge in [-0.1, -0.05) is 12.1 Å². The second-order valence-electron chi connectivity index (χ2n) is 9.07. The maximum atomic E-state index is 13.0. The van der Waals surface area contributed by atoms with E-state index < -0.39 is 11.8 Å².